The molecule has 0 aliphatic rings. The van der Waals surface area contributed by atoms with Crippen molar-refractivity contribution in [1.82, 2.24) is 0 Å². The lowest BCUT2D eigenvalue weighted by Gasteiger charge is -2.00. The van der Waals surface area contributed by atoms with Crippen molar-refractivity contribution in [2.45, 2.75) is 57.8 Å². The first-order chi connectivity index (χ1) is 6.77. The molecule has 84 valence electrons. The zero-order valence-corrected chi connectivity index (χ0v) is 11.3. The van der Waals surface area contributed by atoms with Crippen LogP contribution in [0, 0.1) is 0 Å². The highest BCUT2D eigenvalue weighted by Gasteiger charge is 1.95. The minimum atomic E-state index is 0.0299. The van der Waals surface area contributed by atoms with Crippen LogP contribution in [0.25, 0.3) is 0 Å². The number of carbonyl (C=O) groups excluding carboxylic acids is 1. The van der Waals surface area contributed by atoms with Crippen LogP contribution in [-0.2, 0) is 4.79 Å². The van der Waals surface area contributed by atoms with Gasteiger partial charge in [-0.05, 0) is 12.8 Å². The molecule has 0 spiro atoms. The molecule has 0 aromatic rings. The van der Waals surface area contributed by atoms with Crippen LogP contribution in [0.2, 0.25) is 0 Å². The zero-order valence-electron chi connectivity index (χ0n) is 8.80. The second kappa shape index (κ2) is 11.6. The van der Waals surface area contributed by atoms with Crippen molar-refractivity contribution in [2.75, 3.05) is 5.33 Å². The second-order valence-corrected chi connectivity index (χ2v) is 4.95. The fourth-order valence-electron chi connectivity index (χ4n) is 1.43. The maximum atomic E-state index is 10.5. The summed E-state index contributed by atoms with van der Waals surface area (Å²) in [6.45, 7) is 0. The number of carbonyl (C=O) groups is 1. The molecule has 0 aliphatic carbocycles. The Hall–Kier alpha value is 0.500. The highest BCUT2D eigenvalue weighted by Crippen LogP contribution is 2.10. The van der Waals surface area contributed by atoms with E-state index in [4.69, 9.17) is 0 Å². The Balaban J connectivity index is 2.88. The number of halogens is 1. The average molecular weight is 281 g/mol. The summed E-state index contributed by atoms with van der Waals surface area (Å²) in [6, 6.07) is 0. The lowest BCUT2D eigenvalue weighted by Crippen LogP contribution is -1.86. The topological polar surface area (TPSA) is 17.1 Å². The van der Waals surface area contributed by atoms with Gasteiger partial charge in [0.05, 0.1) is 0 Å². The molecule has 0 N–H and O–H groups in total. The van der Waals surface area contributed by atoms with Crippen LogP contribution in [0.15, 0.2) is 0 Å². The molecule has 0 saturated heterocycles. The number of alkyl halides is 1. The molecule has 0 radical (unpaired) electrons. The fraction of sp³-hybridized carbons (Fsp3) is 0.909. The van der Waals surface area contributed by atoms with Crippen LogP contribution in [0.1, 0.15) is 57.8 Å². The van der Waals surface area contributed by atoms with E-state index < -0.39 is 0 Å². The lowest BCUT2D eigenvalue weighted by molar-refractivity contribution is -0.110. The smallest absolute Gasteiger partial charge is 0.185 e. The first-order valence-corrected chi connectivity index (χ1v) is 7.12. The highest BCUT2D eigenvalue weighted by atomic mass is 79.9. The minimum Gasteiger partial charge on any atom is -0.288 e. The Labute approximate surface area is 102 Å². The van der Waals surface area contributed by atoms with Gasteiger partial charge in [-0.3, -0.25) is 4.79 Å². The van der Waals surface area contributed by atoms with Gasteiger partial charge in [-0.25, -0.2) is 0 Å². The summed E-state index contributed by atoms with van der Waals surface area (Å²) < 4.78 is 0. The Morgan fingerprint density at radius 3 is 1.71 bits per heavy atom. The van der Waals surface area contributed by atoms with Gasteiger partial charge in [0.1, 0.15) is 0 Å². The van der Waals surface area contributed by atoms with Crippen LogP contribution >= 0.6 is 28.6 Å². The fourth-order valence-corrected chi connectivity index (χ4v) is 1.99. The van der Waals surface area contributed by atoms with Gasteiger partial charge >= 0.3 is 0 Å². The first kappa shape index (κ1) is 14.5. The molecule has 0 amide bonds. The quantitative estimate of drug-likeness (QED) is 0.358. The maximum Gasteiger partial charge on any atom is 0.185 e. The normalized spacial score (nSPS) is 10.4. The third-order valence-electron chi connectivity index (χ3n) is 2.27. The van der Waals surface area contributed by atoms with Gasteiger partial charge in [0.15, 0.2) is 5.12 Å². The summed E-state index contributed by atoms with van der Waals surface area (Å²) in [5.41, 5.74) is 0. The van der Waals surface area contributed by atoms with E-state index >= 15 is 0 Å². The molecule has 0 saturated carbocycles. The van der Waals surface area contributed by atoms with Gasteiger partial charge in [-0.15, -0.1) is 12.6 Å². The molecule has 0 fully saturated rings. The van der Waals surface area contributed by atoms with E-state index in [0.29, 0.717) is 6.42 Å². The molecule has 0 heterocycles. The molecule has 0 rings (SSSR count). The van der Waals surface area contributed by atoms with E-state index in [2.05, 4.69) is 28.6 Å². The van der Waals surface area contributed by atoms with E-state index in [1.165, 1.54) is 44.9 Å². The highest BCUT2D eigenvalue weighted by molar-refractivity contribution is 9.09. The van der Waals surface area contributed by atoms with Crippen molar-refractivity contribution in [2.24, 2.45) is 0 Å². The van der Waals surface area contributed by atoms with E-state index in [0.717, 1.165) is 11.8 Å². The largest absolute Gasteiger partial charge is 0.288 e. The third-order valence-corrected chi connectivity index (χ3v) is 3.06. The molecular weight excluding hydrogens is 260 g/mol. The van der Waals surface area contributed by atoms with Crippen molar-refractivity contribution in [1.29, 1.82) is 0 Å². The molecule has 1 nitrogen and oxygen atoms in total. The van der Waals surface area contributed by atoms with Gasteiger partial charge in [0, 0.05) is 11.8 Å². The number of rotatable bonds is 10. The van der Waals surface area contributed by atoms with Crippen molar-refractivity contribution >= 4 is 33.7 Å². The summed E-state index contributed by atoms with van der Waals surface area (Å²) in [7, 11) is 0. The number of hydrogen-bond donors (Lipinski definition) is 1. The molecule has 3 heteroatoms. The van der Waals surface area contributed by atoms with Crippen molar-refractivity contribution in [3.63, 3.8) is 0 Å². The molecular formula is C11H21BrOS. The average Bonchev–Trinajstić information content (AvgIpc) is 2.15. The Kier molecular flexibility index (Phi) is 12.0. The summed E-state index contributed by atoms with van der Waals surface area (Å²) in [6.07, 6.45) is 10.8. The summed E-state index contributed by atoms with van der Waals surface area (Å²) in [5.74, 6) is 0. The van der Waals surface area contributed by atoms with Crippen LogP contribution in [-0.4, -0.2) is 10.4 Å². The molecule has 14 heavy (non-hydrogen) atoms. The Morgan fingerprint density at radius 2 is 1.29 bits per heavy atom. The second-order valence-electron chi connectivity index (χ2n) is 3.66. The van der Waals surface area contributed by atoms with E-state index in [1.807, 2.05) is 0 Å². The van der Waals surface area contributed by atoms with Crippen LogP contribution in [0.4, 0.5) is 0 Å². The summed E-state index contributed by atoms with van der Waals surface area (Å²) in [5, 5.41) is 1.17. The molecule has 0 atom stereocenters. The van der Waals surface area contributed by atoms with Crippen LogP contribution in [0.3, 0.4) is 0 Å². The van der Waals surface area contributed by atoms with Gasteiger partial charge < -0.3 is 0 Å². The number of thiol groups is 1. The van der Waals surface area contributed by atoms with Crippen molar-refractivity contribution in [3.8, 4) is 0 Å². The lowest BCUT2D eigenvalue weighted by atomic mass is 10.1. The predicted octanol–water partition coefficient (Wildman–Crippen LogP) is 4.35. The molecule has 0 aromatic heterocycles. The summed E-state index contributed by atoms with van der Waals surface area (Å²) in [4.78, 5) is 10.5. The number of hydrogen-bond acceptors (Lipinski definition) is 1. The van der Waals surface area contributed by atoms with Crippen LogP contribution < -0.4 is 0 Å². The van der Waals surface area contributed by atoms with Crippen molar-refractivity contribution < 1.29 is 4.79 Å². The Bertz CT molecular complexity index is 139. The first-order valence-electron chi connectivity index (χ1n) is 5.55. The van der Waals surface area contributed by atoms with Gasteiger partial charge in [-0.1, -0.05) is 54.5 Å². The third kappa shape index (κ3) is 12.5. The van der Waals surface area contributed by atoms with E-state index in [-0.39, 0.29) is 5.12 Å². The maximum absolute atomic E-state index is 10.5. The van der Waals surface area contributed by atoms with Gasteiger partial charge in [0.25, 0.3) is 0 Å². The predicted molar refractivity (Wildman–Crippen MR) is 69.3 cm³/mol. The number of unbranched alkanes of at least 4 members (excludes halogenated alkanes) is 7. The summed E-state index contributed by atoms with van der Waals surface area (Å²) >= 11 is 7.16. The molecule has 0 aromatic carbocycles. The monoisotopic (exact) mass is 280 g/mol. The Morgan fingerprint density at radius 1 is 0.857 bits per heavy atom. The molecule has 0 bridgehead atoms. The van der Waals surface area contributed by atoms with Crippen LogP contribution in [0.5, 0.6) is 0 Å². The minimum absolute atomic E-state index is 0.0299. The molecule has 0 aliphatic heterocycles. The van der Waals surface area contributed by atoms with E-state index in [9.17, 15) is 4.79 Å². The van der Waals surface area contributed by atoms with Crippen molar-refractivity contribution in [3.05, 3.63) is 0 Å². The SMILES string of the molecule is O=C(S)CCCCCCCCCCBr. The van der Waals surface area contributed by atoms with Gasteiger partial charge in [0.2, 0.25) is 0 Å². The zero-order chi connectivity index (χ0) is 10.6. The van der Waals surface area contributed by atoms with E-state index in [1.54, 1.807) is 0 Å². The van der Waals surface area contributed by atoms with Gasteiger partial charge in [-0.2, -0.15) is 0 Å². The molecule has 0 unspecified atom stereocenters. The standard InChI is InChI=1S/C11H21BrOS/c12-10-8-6-4-2-1-3-5-7-9-11(13)14/h1-10H2,(H,13,14).